The van der Waals surface area contributed by atoms with Gasteiger partial charge in [0.05, 0.1) is 101 Å². The zero-order valence-electron chi connectivity index (χ0n) is 49.2. The van der Waals surface area contributed by atoms with Crippen LogP contribution in [-0.2, 0) is 40.5 Å². The maximum Gasteiger partial charge on any atom is 0.323 e. The second kappa shape index (κ2) is 40.0. The Bertz CT molecular complexity index is 3510. The number of aliphatic hydroxyl groups excluding tert-OH is 8. The van der Waals surface area contributed by atoms with E-state index in [2.05, 4.69) is 52.4 Å². The Morgan fingerprint density at radius 2 is 0.667 bits per heavy atom. The lowest BCUT2D eigenvalue weighted by Crippen LogP contribution is -2.21. The predicted molar refractivity (Wildman–Crippen MR) is 332 cm³/mol. The van der Waals surface area contributed by atoms with Gasteiger partial charge < -0.3 is 82.2 Å². The molecule has 0 saturated heterocycles. The van der Waals surface area contributed by atoms with Gasteiger partial charge in [-0.1, -0.05) is 24.3 Å². The first-order valence-electron chi connectivity index (χ1n) is 26.6. The predicted octanol–water partition coefficient (Wildman–Crippen LogP) is 2.33. The molecule has 0 heterocycles. The van der Waals surface area contributed by atoms with E-state index >= 15 is 0 Å². The Labute approximate surface area is 519 Å². The number of hydrogen-bond donors (Lipinski definition) is 18. The molecule has 90 heavy (non-hydrogen) atoms. The van der Waals surface area contributed by atoms with Gasteiger partial charge in [-0.05, 0) is 73.5 Å². The lowest BCUT2D eigenvalue weighted by atomic mass is 10.1. The van der Waals surface area contributed by atoms with Crippen molar-refractivity contribution in [2.75, 3.05) is 130 Å². The number of nitrogens with zero attached hydrogens (tertiary/aromatic N) is 4. The summed E-state index contributed by atoms with van der Waals surface area (Å²) in [5, 5.41) is 97.1. The van der Waals surface area contributed by atoms with E-state index in [4.69, 9.17) is 50.3 Å². The summed E-state index contributed by atoms with van der Waals surface area (Å²) in [6.45, 7) is 8.88. The van der Waals surface area contributed by atoms with Crippen LogP contribution < -0.4 is 41.4 Å². The third-order valence-corrected chi connectivity index (χ3v) is 14.9. The van der Waals surface area contributed by atoms with Crippen LogP contribution in [-0.4, -0.2) is 218 Å². The van der Waals surface area contributed by atoms with E-state index in [0.717, 1.165) is 36.4 Å². The number of nitrogens with one attached hydrogen (secondary N) is 6. The maximum absolute atomic E-state index is 13.3. The van der Waals surface area contributed by atoms with E-state index in [1.807, 2.05) is 0 Å². The summed E-state index contributed by atoms with van der Waals surface area (Å²) < 4.78 is 147. The number of urea groups is 1. The lowest BCUT2D eigenvalue weighted by Gasteiger charge is -2.15. The number of ether oxygens (including phenoxy) is 2. The summed E-state index contributed by atoms with van der Waals surface area (Å²) in [7, 11) is -16.8. The number of rotatable bonds is 28. The van der Waals surface area contributed by atoms with Crippen molar-refractivity contribution in [2.24, 2.45) is 20.5 Å². The third-order valence-electron chi connectivity index (χ3n) is 11.3. The Kier molecular flexibility index (Phi) is 35.2. The van der Waals surface area contributed by atoms with E-state index in [1.54, 1.807) is 13.8 Å². The Morgan fingerprint density at radius 3 is 0.911 bits per heavy atom. The Hall–Kier alpha value is -6.93. The molecule has 500 valence electrons. The van der Waals surface area contributed by atoms with Crippen molar-refractivity contribution in [3.05, 3.63) is 96.1 Å². The van der Waals surface area contributed by atoms with E-state index < -0.39 is 66.1 Å². The molecule has 33 nitrogen and oxygen atoms in total. The minimum atomic E-state index is -4.90. The number of anilines is 2. The molecule has 0 unspecified atom stereocenters. The summed E-state index contributed by atoms with van der Waals surface area (Å²) in [6, 6.07) is 16.2. The monoisotopic (exact) mass is 1350 g/mol. The summed E-state index contributed by atoms with van der Waals surface area (Å²) in [5.74, 6) is 0.193. The Morgan fingerprint density at radius 1 is 0.389 bits per heavy atom. The van der Waals surface area contributed by atoms with Gasteiger partial charge in [-0.15, -0.1) is 0 Å². The quantitative estimate of drug-likeness (QED) is 0.0190. The van der Waals surface area contributed by atoms with Crippen LogP contribution in [0.1, 0.15) is 11.1 Å². The van der Waals surface area contributed by atoms with Crippen molar-refractivity contribution >= 4 is 102 Å². The van der Waals surface area contributed by atoms with E-state index in [1.165, 1.54) is 62.8 Å². The lowest BCUT2D eigenvalue weighted by molar-refractivity contribution is 0.261. The van der Waals surface area contributed by atoms with Crippen molar-refractivity contribution < 1.29 is 107 Å². The number of carbonyl (C=O) groups excluding carboxylic acids is 1. The number of aryl methyl sites for hydroxylation is 2. The van der Waals surface area contributed by atoms with Gasteiger partial charge in [-0.2, -0.15) is 54.1 Å². The number of hydrogen-bond acceptors (Lipinski definition) is 27. The first kappa shape index (κ1) is 79.2. The van der Waals surface area contributed by atoms with Crippen LogP contribution in [0.25, 0.3) is 21.5 Å². The molecule has 0 aliphatic rings. The number of methoxy groups -OCH3 is 2. The van der Waals surface area contributed by atoms with Crippen molar-refractivity contribution in [3.8, 4) is 11.5 Å². The second-order valence-corrected chi connectivity index (χ2v) is 23.5. The van der Waals surface area contributed by atoms with Gasteiger partial charge in [-0.3, -0.25) is 18.2 Å². The van der Waals surface area contributed by atoms with Crippen LogP contribution in [0, 0.1) is 13.8 Å². The molecule has 0 aliphatic carbocycles. The zero-order chi connectivity index (χ0) is 67.7. The highest BCUT2D eigenvalue weighted by molar-refractivity contribution is 7.87. The van der Waals surface area contributed by atoms with Gasteiger partial charge in [0.2, 0.25) is 0 Å². The highest BCUT2D eigenvalue weighted by Gasteiger charge is 2.24. The van der Waals surface area contributed by atoms with Crippen molar-refractivity contribution in [2.45, 2.75) is 33.4 Å². The summed E-state index contributed by atoms with van der Waals surface area (Å²) in [6.07, 6.45) is 0. The zero-order valence-corrected chi connectivity index (χ0v) is 52.4. The minimum Gasteiger partial charge on any atom is -0.494 e. The molecule has 2 amide bonds. The normalized spacial score (nSPS) is 11.6. The van der Waals surface area contributed by atoms with Crippen LogP contribution in [0.5, 0.6) is 11.5 Å². The van der Waals surface area contributed by atoms with Crippen LogP contribution in [0.2, 0.25) is 0 Å². The fourth-order valence-electron chi connectivity index (χ4n) is 7.35. The molecule has 0 spiro atoms. The third kappa shape index (κ3) is 26.9. The highest BCUT2D eigenvalue weighted by Crippen LogP contribution is 2.39. The molecule has 6 aromatic rings. The second-order valence-electron chi connectivity index (χ2n) is 17.9. The van der Waals surface area contributed by atoms with Crippen molar-refractivity contribution in [1.29, 1.82) is 0 Å². The summed E-state index contributed by atoms with van der Waals surface area (Å²) >= 11 is 0. The summed E-state index contributed by atoms with van der Waals surface area (Å²) in [5.41, 5.74) is 1.11. The highest BCUT2D eigenvalue weighted by atomic mass is 32.2. The molecule has 0 atom stereocenters. The van der Waals surface area contributed by atoms with Gasteiger partial charge >= 0.3 is 6.03 Å². The molecule has 6 aromatic carbocycles. The number of aliphatic hydroxyl groups is 8. The number of amides is 2. The fourth-order valence-corrected chi connectivity index (χ4v) is 10.2. The molecule has 18 N–H and O–H groups in total. The number of fused-ring (bicyclic) bond motifs is 2. The van der Waals surface area contributed by atoms with Gasteiger partial charge in [0.1, 0.15) is 31.1 Å². The Balaban J connectivity index is 0.000000814. The smallest absolute Gasteiger partial charge is 0.323 e. The fraction of sp³-hybridized carbons (Fsp3) is 0.377. The van der Waals surface area contributed by atoms with E-state index in [-0.39, 0.29) is 120 Å². The standard InChI is InChI=1S/C37H32N6O15S4.4C4H11NO2/c1-19-11-29(31(57-3)17-27(19)42-40-21-13-25-23(35(15-21)61(51,52)53)7-5-9-33(25)59(45,46)47)38-37(44)39-30-12-20(2)28(18-32(30)58-4)43-41-22-14-26-24(36(16-22)62(54,55)56)8-6-10-34(26)60(48,49)50;4*6-3-1-5-2-4-7/h5-18H,1-4H3,(H2,38,39,44)(H,45,46,47)(H,48,49,50)(H,51,52,53)(H,54,55,56);4*5-7H,1-4H2. The van der Waals surface area contributed by atoms with Crippen molar-refractivity contribution in [1.82, 2.24) is 21.3 Å². The van der Waals surface area contributed by atoms with Crippen molar-refractivity contribution in [3.63, 3.8) is 0 Å². The van der Waals surface area contributed by atoms with Gasteiger partial charge in [0.15, 0.2) is 0 Å². The molecule has 0 aromatic heterocycles. The number of carbonyl (C=O) groups is 1. The minimum absolute atomic E-state index is 0.0963. The molecular weight excluding hydrogens is 1270 g/mol. The number of azo groups is 2. The molecule has 0 saturated carbocycles. The maximum atomic E-state index is 13.3. The first-order chi connectivity index (χ1) is 42.5. The molecule has 0 bridgehead atoms. The summed E-state index contributed by atoms with van der Waals surface area (Å²) in [4.78, 5) is 10.7. The van der Waals surface area contributed by atoms with Crippen LogP contribution in [0.4, 0.5) is 38.9 Å². The van der Waals surface area contributed by atoms with Crippen LogP contribution in [0.15, 0.2) is 125 Å². The van der Waals surface area contributed by atoms with Crippen LogP contribution >= 0.6 is 0 Å². The molecule has 37 heteroatoms. The average molecular weight is 1350 g/mol. The van der Waals surface area contributed by atoms with Gasteiger partial charge in [0.25, 0.3) is 40.5 Å². The topological polar surface area (TPSA) is 536 Å². The van der Waals surface area contributed by atoms with E-state index in [9.17, 15) is 56.7 Å². The molecule has 0 radical (unpaired) electrons. The van der Waals surface area contributed by atoms with E-state index in [0.29, 0.717) is 63.5 Å². The van der Waals surface area contributed by atoms with Gasteiger partial charge in [-0.25, -0.2) is 4.79 Å². The van der Waals surface area contributed by atoms with Crippen LogP contribution in [0.3, 0.4) is 0 Å². The first-order valence-corrected chi connectivity index (χ1v) is 32.3. The largest absolute Gasteiger partial charge is 0.494 e. The molecule has 6 rings (SSSR count). The SMILES string of the molecule is COc1cc(N=Nc2cc(S(=O)(=O)O)c3cccc(S(=O)(=O)O)c3c2)c(C)cc1NC(=O)Nc1cc(C)c(N=Nc2cc(S(=O)(=O)O)c3cccc(S(=O)(=O)O)c3c2)cc1OC.OCCNCCO.OCCNCCO.OCCNCCO.OCCNCCO. The number of benzene rings is 6. The molecule has 0 aliphatic heterocycles. The molecule has 0 fully saturated rings. The molecular formula is C53H76N10O23S4. The van der Waals surface area contributed by atoms with Gasteiger partial charge in [0, 0.05) is 86.0 Å². The average Bonchev–Trinajstić information content (AvgIpc) is 0.919.